The lowest BCUT2D eigenvalue weighted by atomic mass is 9.96. The van der Waals surface area contributed by atoms with Crippen LogP contribution in [0.3, 0.4) is 0 Å². The molecule has 1 saturated heterocycles. The van der Waals surface area contributed by atoms with Crippen molar-refractivity contribution in [2.24, 2.45) is 5.92 Å². The topological polar surface area (TPSA) is 105 Å². The van der Waals surface area contributed by atoms with Gasteiger partial charge in [-0.25, -0.2) is 0 Å². The van der Waals surface area contributed by atoms with Crippen LogP contribution in [0.5, 0.6) is 0 Å². The summed E-state index contributed by atoms with van der Waals surface area (Å²) in [5.74, 6) is 0.815. The molecule has 0 bridgehead atoms. The van der Waals surface area contributed by atoms with Gasteiger partial charge in [0.2, 0.25) is 5.91 Å². The average molecular weight is 393 g/mol. The van der Waals surface area contributed by atoms with Crippen LogP contribution in [0, 0.1) is 5.92 Å². The third kappa shape index (κ3) is 4.18. The van der Waals surface area contributed by atoms with Gasteiger partial charge in [0.05, 0.1) is 0 Å². The number of piperidine rings is 1. The van der Waals surface area contributed by atoms with Crippen LogP contribution in [0.25, 0.3) is 5.65 Å². The summed E-state index contributed by atoms with van der Waals surface area (Å²) in [6.45, 7) is 2.01. The third-order valence-corrected chi connectivity index (χ3v) is 5.25. The monoisotopic (exact) mass is 393 g/mol. The lowest BCUT2D eigenvalue weighted by molar-refractivity contribution is -0.125. The Morgan fingerprint density at radius 1 is 1.10 bits per heavy atom. The minimum absolute atomic E-state index is 0.00460. The molecule has 9 heteroatoms. The van der Waals surface area contributed by atoms with Crippen LogP contribution in [-0.2, 0) is 11.3 Å². The number of anilines is 1. The quantitative estimate of drug-likeness (QED) is 0.671. The fraction of sp³-hybridized carbons (Fsp3) is 0.350. The molecule has 2 N–H and O–H groups in total. The minimum Gasteiger partial charge on any atom is -0.355 e. The molecular formula is C20H23N7O2. The van der Waals surface area contributed by atoms with Crippen LogP contribution >= 0.6 is 0 Å². The predicted octanol–water partition coefficient (Wildman–Crippen LogP) is 1.02. The van der Waals surface area contributed by atoms with Gasteiger partial charge < -0.3 is 15.5 Å². The molecule has 0 aliphatic carbocycles. The molecule has 1 aliphatic rings. The average Bonchev–Trinajstić information content (AvgIpc) is 3.25. The maximum atomic E-state index is 12.5. The Labute approximate surface area is 168 Å². The van der Waals surface area contributed by atoms with E-state index in [4.69, 9.17) is 0 Å². The van der Waals surface area contributed by atoms with E-state index in [-0.39, 0.29) is 17.7 Å². The molecular weight excluding hydrogens is 370 g/mol. The van der Waals surface area contributed by atoms with Crippen molar-refractivity contribution in [3.8, 4) is 0 Å². The van der Waals surface area contributed by atoms with Gasteiger partial charge in [0.1, 0.15) is 12.1 Å². The van der Waals surface area contributed by atoms with Crippen molar-refractivity contribution >= 4 is 23.3 Å². The number of benzene rings is 1. The van der Waals surface area contributed by atoms with E-state index < -0.39 is 0 Å². The van der Waals surface area contributed by atoms with Crippen molar-refractivity contribution in [3.05, 3.63) is 53.9 Å². The van der Waals surface area contributed by atoms with E-state index in [2.05, 4.69) is 30.8 Å². The van der Waals surface area contributed by atoms with Crippen molar-refractivity contribution in [2.45, 2.75) is 19.4 Å². The maximum Gasteiger partial charge on any atom is 0.251 e. The zero-order valence-corrected chi connectivity index (χ0v) is 16.2. The highest BCUT2D eigenvalue weighted by molar-refractivity contribution is 5.93. The highest BCUT2D eigenvalue weighted by atomic mass is 16.2. The standard InChI is InChI=1S/C20H23N7O2/c1-21-19(28)15-4-2-14(3-5-15)12-22-20(29)16-8-10-26(11-9-16)18-7-6-17-24-23-13-27(17)25-18/h2-7,13,16H,8-12H2,1H3,(H,21,28)(H,22,29). The van der Waals surface area contributed by atoms with Crippen LogP contribution in [0.15, 0.2) is 42.7 Å². The Morgan fingerprint density at radius 3 is 2.59 bits per heavy atom. The molecule has 2 amide bonds. The highest BCUT2D eigenvalue weighted by Crippen LogP contribution is 2.22. The van der Waals surface area contributed by atoms with Crippen molar-refractivity contribution < 1.29 is 9.59 Å². The van der Waals surface area contributed by atoms with Crippen LogP contribution < -0.4 is 15.5 Å². The first-order valence-electron chi connectivity index (χ1n) is 9.65. The molecule has 9 nitrogen and oxygen atoms in total. The molecule has 0 saturated carbocycles. The molecule has 1 aliphatic heterocycles. The number of hydrogen-bond donors (Lipinski definition) is 2. The van der Waals surface area contributed by atoms with E-state index in [0.29, 0.717) is 17.8 Å². The summed E-state index contributed by atoms with van der Waals surface area (Å²) in [6, 6.07) is 11.1. The smallest absolute Gasteiger partial charge is 0.251 e. The second-order valence-corrected chi connectivity index (χ2v) is 7.08. The highest BCUT2D eigenvalue weighted by Gasteiger charge is 2.25. The summed E-state index contributed by atoms with van der Waals surface area (Å²) in [7, 11) is 1.60. The number of hydrogen-bond acceptors (Lipinski definition) is 6. The lowest BCUT2D eigenvalue weighted by Crippen LogP contribution is -2.40. The number of rotatable bonds is 5. The Hall–Kier alpha value is -3.49. The molecule has 0 unspecified atom stereocenters. The molecule has 0 spiro atoms. The fourth-order valence-electron chi connectivity index (χ4n) is 3.51. The molecule has 1 fully saturated rings. The Morgan fingerprint density at radius 2 is 1.86 bits per heavy atom. The zero-order chi connectivity index (χ0) is 20.2. The Kier molecular flexibility index (Phi) is 5.37. The molecule has 0 radical (unpaired) electrons. The number of fused-ring (bicyclic) bond motifs is 1. The summed E-state index contributed by atoms with van der Waals surface area (Å²) in [6.07, 6.45) is 3.15. The van der Waals surface area contributed by atoms with Crippen molar-refractivity contribution in [1.82, 2.24) is 30.4 Å². The Balaban J connectivity index is 1.28. The first-order valence-corrected chi connectivity index (χ1v) is 9.65. The van der Waals surface area contributed by atoms with Gasteiger partial charge >= 0.3 is 0 Å². The molecule has 29 heavy (non-hydrogen) atoms. The number of nitrogens with one attached hydrogen (secondary N) is 2. The maximum absolute atomic E-state index is 12.5. The molecule has 2 aromatic heterocycles. The van der Waals surface area contributed by atoms with Gasteiger partial charge in [-0.1, -0.05) is 12.1 Å². The van der Waals surface area contributed by atoms with Crippen LogP contribution in [0.1, 0.15) is 28.8 Å². The first kappa shape index (κ1) is 18.9. The zero-order valence-electron chi connectivity index (χ0n) is 16.2. The second kappa shape index (κ2) is 8.26. The largest absolute Gasteiger partial charge is 0.355 e. The number of aromatic nitrogens is 4. The van der Waals surface area contributed by atoms with Gasteiger partial charge in [-0.05, 0) is 42.7 Å². The van der Waals surface area contributed by atoms with Crippen LogP contribution in [0.4, 0.5) is 5.82 Å². The van der Waals surface area contributed by atoms with E-state index >= 15 is 0 Å². The number of carbonyl (C=O) groups is 2. The van der Waals surface area contributed by atoms with Gasteiger partial charge in [0.25, 0.3) is 5.91 Å². The second-order valence-electron chi connectivity index (χ2n) is 7.08. The third-order valence-electron chi connectivity index (χ3n) is 5.25. The van der Waals surface area contributed by atoms with E-state index in [1.54, 1.807) is 30.0 Å². The van der Waals surface area contributed by atoms with Crippen molar-refractivity contribution in [1.29, 1.82) is 0 Å². The summed E-state index contributed by atoms with van der Waals surface area (Å²) in [4.78, 5) is 26.3. The summed E-state index contributed by atoms with van der Waals surface area (Å²) in [5, 5.41) is 17.9. The number of carbonyl (C=O) groups excluding carboxylic acids is 2. The molecule has 150 valence electrons. The summed E-state index contributed by atoms with van der Waals surface area (Å²) in [5.41, 5.74) is 2.29. The van der Waals surface area contributed by atoms with E-state index in [0.717, 1.165) is 37.3 Å². The van der Waals surface area contributed by atoms with Gasteiger partial charge in [0, 0.05) is 38.2 Å². The van der Waals surface area contributed by atoms with Crippen molar-refractivity contribution in [3.63, 3.8) is 0 Å². The Bertz CT molecular complexity index is 1010. The van der Waals surface area contributed by atoms with Gasteiger partial charge in [-0.2, -0.15) is 4.52 Å². The van der Waals surface area contributed by atoms with E-state index in [9.17, 15) is 9.59 Å². The summed E-state index contributed by atoms with van der Waals surface area (Å²) >= 11 is 0. The summed E-state index contributed by atoms with van der Waals surface area (Å²) < 4.78 is 1.66. The van der Waals surface area contributed by atoms with Crippen LogP contribution in [0.2, 0.25) is 0 Å². The van der Waals surface area contributed by atoms with Crippen LogP contribution in [-0.4, -0.2) is 51.8 Å². The fourth-order valence-corrected chi connectivity index (χ4v) is 3.51. The molecule has 3 heterocycles. The SMILES string of the molecule is CNC(=O)c1ccc(CNC(=O)C2CCN(c3ccc4nncn4n3)CC2)cc1. The minimum atomic E-state index is -0.120. The van der Waals surface area contributed by atoms with E-state index in [1.807, 2.05) is 24.3 Å². The molecule has 1 aromatic carbocycles. The lowest BCUT2D eigenvalue weighted by Gasteiger charge is -2.32. The van der Waals surface area contributed by atoms with Gasteiger partial charge in [-0.3, -0.25) is 9.59 Å². The predicted molar refractivity (Wildman–Crippen MR) is 107 cm³/mol. The number of amides is 2. The van der Waals surface area contributed by atoms with Crippen molar-refractivity contribution in [2.75, 3.05) is 25.0 Å². The van der Waals surface area contributed by atoms with E-state index in [1.165, 1.54) is 0 Å². The molecule has 4 rings (SSSR count). The molecule has 0 atom stereocenters. The number of nitrogens with zero attached hydrogens (tertiary/aromatic N) is 5. The van der Waals surface area contributed by atoms with Gasteiger partial charge in [-0.15, -0.1) is 15.3 Å². The first-order chi connectivity index (χ1) is 14.1. The molecule has 3 aromatic rings. The normalized spacial score (nSPS) is 14.7. The van der Waals surface area contributed by atoms with Gasteiger partial charge in [0.15, 0.2) is 5.65 Å².